The first-order valence-electron chi connectivity index (χ1n) is 10.5. The Morgan fingerprint density at radius 2 is 1.81 bits per heavy atom. The van der Waals surface area contributed by atoms with Crippen LogP contribution in [0.3, 0.4) is 0 Å². The van der Waals surface area contributed by atoms with E-state index >= 15 is 0 Å². The fourth-order valence-electron chi connectivity index (χ4n) is 5.23. The molecule has 3 rings (SSSR count). The first-order chi connectivity index (χ1) is 12.8. The van der Waals surface area contributed by atoms with Crippen LogP contribution < -0.4 is 0 Å². The number of hydrogen-bond donors (Lipinski definition) is 0. The molecular formula is C24H34O2S. The molecule has 1 aromatic carbocycles. The Morgan fingerprint density at radius 3 is 2.48 bits per heavy atom. The minimum Gasteiger partial charge on any atom is -0.219 e. The van der Waals surface area contributed by atoms with Crippen molar-refractivity contribution in [1.29, 1.82) is 0 Å². The molecule has 0 unspecified atom stereocenters. The van der Waals surface area contributed by atoms with E-state index in [0.717, 1.165) is 18.8 Å². The van der Waals surface area contributed by atoms with Crippen molar-refractivity contribution in [3.63, 3.8) is 0 Å². The molecule has 2 nitrogen and oxygen atoms in total. The molecule has 0 aliphatic heterocycles. The number of allylic oxidation sites excluding steroid dienone is 4. The topological polar surface area (TPSA) is 34.1 Å². The van der Waals surface area contributed by atoms with Gasteiger partial charge in [-0.15, -0.1) is 0 Å². The van der Waals surface area contributed by atoms with Crippen molar-refractivity contribution in [2.24, 2.45) is 23.2 Å². The van der Waals surface area contributed by atoms with E-state index in [4.69, 9.17) is 0 Å². The monoisotopic (exact) mass is 386 g/mol. The van der Waals surface area contributed by atoms with Gasteiger partial charge in [-0.2, -0.15) is 0 Å². The quantitative estimate of drug-likeness (QED) is 0.498. The minimum absolute atomic E-state index is 0.104. The van der Waals surface area contributed by atoms with E-state index in [1.54, 1.807) is 12.1 Å². The third kappa shape index (κ3) is 3.94. The summed E-state index contributed by atoms with van der Waals surface area (Å²) >= 11 is 0. The Morgan fingerprint density at radius 1 is 1.11 bits per heavy atom. The van der Waals surface area contributed by atoms with Crippen LogP contribution in [0.2, 0.25) is 0 Å². The number of rotatable bonds is 7. The van der Waals surface area contributed by atoms with Gasteiger partial charge in [0.15, 0.2) is 0 Å². The van der Waals surface area contributed by atoms with Crippen LogP contribution in [0.5, 0.6) is 0 Å². The molecule has 0 radical (unpaired) electrons. The zero-order valence-corrected chi connectivity index (χ0v) is 18.1. The summed E-state index contributed by atoms with van der Waals surface area (Å²) in [4.78, 5) is 1.09. The molecule has 148 valence electrons. The van der Waals surface area contributed by atoms with Gasteiger partial charge in [0.05, 0.1) is 9.80 Å². The summed E-state index contributed by atoms with van der Waals surface area (Å²) in [6.45, 7) is 9.21. The zero-order chi connectivity index (χ0) is 19.7. The molecule has 2 aliphatic carbocycles. The molecule has 0 aromatic heterocycles. The molecular weight excluding hydrogens is 352 g/mol. The van der Waals surface area contributed by atoms with Crippen molar-refractivity contribution in [1.82, 2.24) is 0 Å². The molecule has 0 amide bonds. The van der Waals surface area contributed by atoms with Crippen molar-refractivity contribution in [2.75, 3.05) is 0 Å². The standard InChI is InChI=1S/C24H34O2S/c1-18(2)10-8-11-19(3)21-15-16-22-23(14-9-17-24(21,22)4)27(25,26)20-12-6-5-7-13-20/h5-7,9,12-13,17-19,21H,8,10-11,14-16H2,1-4H3/t19-,21-,24+/m1/s1. The summed E-state index contributed by atoms with van der Waals surface area (Å²) in [6, 6.07) is 8.93. The highest BCUT2D eigenvalue weighted by atomic mass is 32.2. The van der Waals surface area contributed by atoms with Crippen molar-refractivity contribution < 1.29 is 8.42 Å². The molecule has 0 saturated heterocycles. The van der Waals surface area contributed by atoms with E-state index in [-0.39, 0.29) is 5.41 Å². The number of benzene rings is 1. The summed E-state index contributed by atoms with van der Waals surface area (Å²) in [6.07, 6.45) is 10.7. The molecule has 1 aromatic rings. The second-order valence-electron chi connectivity index (χ2n) is 9.05. The summed E-state index contributed by atoms with van der Waals surface area (Å²) < 4.78 is 26.6. The predicted octanol–water partition coefficient (Wildman–Crippen LogP) is 6.55. The molecule has 3 heteroatoms. The van der Waals surface area contributed by atoms with Gasteiger partial charge >= 0.3 is 0 Å². The zero-order valence-electron chi connectivity index (χ0n) is 17.2. The molecule has 3 atom stereocenters. The molecule has 27 heavy (non-hydrogen) atoms. The van der Waals surface area contributed by atoms with E-state index in [1.165, 1.54) is 24.8 Å². The van der Waals surface area contributed by atoms with Gasteiger partial charge in [-0.05, 0) is 48.3 Å². The van der Waals surface area contributed by atoms with Crippen LogP contribution in [0, 0.1) is 23.2 Å². The molecule has 0 heterocycles. The van der Waals surface area contributed by atoms with Crippen LogP contribution in [0.4, 0.5) is 0 Å². The first-order valence-corrected chi connectivity index (χ1v) is 12.0. The highest BCUT2D eigenvalue weighted by Crippen LogP contribution is 2.56. The third-order valence-electron chi connectivity index (χ3n) is 6.74. The predicted molar refractivity (Wildman–Crippen MR) is 113 cm³/mol. The lowest BCUT2D eigenvalue weighted by Crippen LogP contribution is -2.29. The van der Waals surface area contributed by atoms with Gasteiger partial charge in [0.2, 0.25) is 9.84 Å². The Kier molecular flexibility index (Phi) is 6.00. The molecule has 0 spiro atoms. The number of sulfone groups is 1. The number of hydrogen-bond acceptors (Lipinski definition) is 2. The molecule has 0 N–H and O–H groups in total. The van der Waals surface area contributed by atoms with E-state index in [0.29, 0.717) is 28.1 Å². The Labute approximate surface area is 165 Å². The number of fused-ring (bicyclic) bond motifs is 1. The maximum absolute atomic E-state index is 13.3. The highest BCUT2D eigenvalue weighted by Gasteiger charge is 2.47. The van der Waals surface area contributed by atoms with Gasteiger partial charge in [0.25, 0.3) is 0 Å². The Hall–Kier alpha value is -1.35. The summed E-state index contributed by atoms with van der Waals surface area (Å²) in [7, 11) is -3.40. The van der Waals surface area contributed by atoms with Crippen molar-refractivity contribution in [2.45, 2.75) is 71.1 Å². The highest BCUT2D eigenvalue weighted by molar-refractivity contribution is 7.95. The first kappa shape index (κ1) is 20.4. The summed E-state index contributed by atoms with van der Waals surface area (Å²) in [5, 5.41) is 0. The fourth-order valence-corrected chi connectivity index (χ4v) is 6.99. The van der Waals surface area contributed by atoms with E-state index in [9.17, 15) is 8.42 Å². The summed E-state index contributed by atoms with van der Waals surface area (Å²) in [5.74, 6) is 1.91. The van der Waals surface area contributed by atoms with Gasteiger partial charge in [0, 0.05) is 11.8 Å². The van der Waals surface area contributed by atoms with Crippen LogP contribution >= 0.6 is 0 Å². The van der Waals surface area contributed by atoms with Crippen molar-refractivity contribution in [3.8, 4) is 0 Å². The van der Waals surface area contributed by atoms with E-state index in [1.807, 2.05) is 18.2 Å². The molecule has 2 aliphatic rings. The van der Waals surface area contributed by atoms with Gasteiger partial charge in [-0.1, -0.05) is 77.3 Å². The largest absolute Gasteiger partial charge is 0.219 e. The smallest absolute Gasteiger partial charge is 0.203 e. The maximum Gasteiger partial charge on any atom is 0.203 e. The lowest BCUT2D eigenvalue weighted by atomic mass is 9.69. The molecule has 1 fully saturated rings. The van der Waals surface area contributed by atoms with Gasteiger partial charge in [-0.3, -0.25) is 0 Å². The van der Waals surface area contributed by atoms with Gasteiger partial charge in [-0.25, -0.2) is 8.42 Å². The van der Waals surface area contributed by atoms with Gasteiger partial charge in [0.1, 0.15) is 0 Å². The van der Waals surface area contributed by atoms with Crippen LogP contribution in [0.25, 0.3) is 0 Å². The van der Waals surface area contributed by atoms with Crippen LogP contribution in [-0.4, -0.2) is 8.42 Å². The van der Waals surface area contributed by atoms with Crippen LogP contribution in [0.15, 0.2) is 57.9 Å². The second-order valence-corrected chi connectivity index (χ2v) is 11.0. The van der Waals surface area contributed by atoms with Crippen LogP contribution in [0.1, 0.15) is 66.2 Å². The molecule has 1 saturated carbocycles. The lowest BCUT2D eigenvalue weighted by Gasteiger charge is -2.37. The normalized spacial score (nSPS) is 26.5. The Balaban J connectivity index is 1.89. The maximum atomic E-state index is 13.3. The Bertz CT molecular complexity index is 817. The van der Waals surface area contributed by atoms with Gasteiger partial charge < -0.3 is 0 Å². The van der Waals surface area contributed by atoms with E-state index < -0.39 is 9.84 Å². The van der Waals surface area contributed by atoms with E-state index in [2.05, 4.69) is 39.8 Å². The average Bonchev–Trinajstić information content (AvgIpc) is 2.99. The second kappa shape index (κ2) is 7.95. The van der Waals surface area contributed by atoms with Crippen molar-refractivity contribution in [3.05, 3.63) is 53.0 Å². The lowest BCUT2D eigenvalue weighted by molar-refractivity contribution is 0.227. The molecule has 0 bridgehead atoms. The average molecular weight is 387 g/mol. The minimum atomic E-state index is -3.40. The van der Waals surface area contributed by atoms with Crippen LogP contribution in [-0.2, 0) is 9.84 Å². The van der Waals surface area contributed by atoms with Crippen molar-refractivity contribution >= 4 is 9.84 Å². The SMILES string of the molecule is CC(C)CCC[C@@H](C)[C@H]1CCC2=C(S(=O)(=O)c3ccccc3)CC=C[C@]21C. The fraction of sp³-hybridized carbons (Fsp3) is 0.583. The summed E-state index contributed by atoms with van der Waals surface area (Å²) in [5.41, 5.74) is 1.07. The third-order valence-corrected chi connectivity index (χ3v) is 8.69.